The van der Waals surface area contributed by atoms with Gasteiger partial charge in [-0.2, -0.15) is 0 Å². The third-order valence-electron chi connectivity index (χ3n) is 4.65. The first-order chi connectivity index (χ1) is 14.0. The van der Waals surface area contributed by atoms with Crippen LogP contribution in [0.1, 0.15) is 49.3 Å². The first-order valence-corrected chi connectivity index (χ1v) is 12.7. The van der Waals surface area contributed by atoms with Crippen molar-refractivity contribution in [3.63, 3.8) is 0 Å². The lowest BCUT2D eigenvalue weighted by atomic mass is 10.0. The monoisotopic (exact) mass is 432 g/mol. The van der Waals surface area contributed by atoms with Crippen molar-refractivity contribution in [3.8, 4) is 0 Å². The van der Waals surface area contributed by atoms with Crippen LogP contribution in [0, 0.1) is 0 Å². The third kappa shape index (κ3) is 7.97. The van der Waals surface area contributed by atoms with Crippen molar-refractivity contribution in [2.45, 2.75) is 55.4 Å². The molecule has 0 saturated heterocycles. The zero-order valence-electron chi connectivity index (χ0n) is 17.2. The molecule has 0 aliphatic carbocycles. The highest BCUT2D eigenvalue weighted by Gasteiger charge is 2.19. The van der Waals surface area contributed by atoms with E-state index < -0.39 is 10.0 Å². The summed E-state index contributed by atoms with van der Waals surface area (Å²) < 4.78 is 24.8. The van der Waals surface area contributed by atoms with Crippen LogP contribution in [-0.4, -0.2) is 20.7 Å². The fourth-order valence-corrected chi connectivity index (χ4v) is 4.99. The average molecular weight is 433 g/mol. The summed E-state index contributed by atoms with van der Waals surface area (Å²) in [6.07, 6.45) is 7.14. The van der Waals surface area contributed by atoms with Gasteiger partial charge in [-0.25, -0.2) is 13.6 Å². The molecule has 0 aliphatic heterocycles. The quantitative estimate of drug-likeness (QED) is 0.269. The highest BCUT2D eigenvalue weighted by atomic mass is 32.2. The number of hydrogen-bond donors (Lipinski definition) is 2. The van der Waals surface area contributed by atoms with E-state index >= 15 is 0 Å². The molecule has 0 heterocycles. The number of unbranched alkanes of at least 4 members (excludes halogenated alkanes) is 3. The molecule has 0 fully saturated rings. The number of primary sulfonamides is 1. The Kier molecular flexibility index (Phi) is 9.94. The molecule has 2 rings (SSSR count). The Hall–Kier alpha value is -1.60. The van der Waals surface area contributed by atoms with Crippen molar-refractivity contribution in [1.29, 1.82) is 0 Å². The molecule has 2 aromatic carbocycles. The minimum Gasteiger partial charge on any atom is -0.313 e. The molecule has 6 heteroatoms. The van der Waals surface area contributed by atoms with Crippen LogP contribution in [-0.2, 0) is 23.0 Å². The van der Waals surface area contributed by atoms with Gasteiger partial charge in [-0.1, -0.05) is 62.6 Å². The second kappa shape index (κ2) is 12.2. The summed E-state index contributed by atoms with van der Waals surface area (Å²) in [6.45, 7) is 7.54. The van der Waals surface area contributed by atoms with Gasteiger partial charge in [0.25, 0.3) is 0 Å². The second-order valence-corrected chi connectivity index (χ2v) is 9.71. The summed E-state index contributed by atoms with van der Waals surface area (Å²) in [5, 5.41) is 9.04. The molecule has 0 bridgehead atoms. The van der Waals surface area contributed by atoms with E-state index in [0.717, 1.165) is 34.6 Å². The Labute approximate surface area is 180 Å². The van der Waals surface area contributed by atoms with Crippen LogP contribution in [0.5, 0.6) is 0 Å². The van der Waals surface area contributed by atoms with Gasteiger partial charge >= 0.3 is 0 Å². The maximum atomic E-state index is 12.4. The average Bonchev–Trinajstić information content (AvgIpc) is 2.70. The van der Waals surface area contributed by atoms with E-state index in [9.17, 15) is 8.42 Å². The predicted molar refractivity (Wildman–Crippen MR) is 124 cm³/mol. The standard InChI is InChI=1S/C23H32N2O2S2/c1-3-5-6-10-13-25-18-20-16-22(28-14-4-2)21(23(17-20)29(24,26)27)15-19-11-8-7-9-12-19/h4,7-9,11-12,16-17,25H,2-3,5-6,10,13-15,18H2,1H3,(H2,24,26,27). The highest BCUT2D eigenvalue weighted by molar-refractivity contribution is 7.99. The summed E-state index contributed by atoms with van der Waals surface area (Å²) in [6, 6.07) is 13.7. The summed E-state index contributed by atoms with van der Waals surface area (Å²) in [4.78, 5) is 1.17. The van der Waals surface area contributed by atoms with Crippen LogP contribution < -0.4 is 10.5 Å². The van der Waals surface area contributed by atoms with Gasteiger partial charge in [-0.3, -0.25) is 0 Å². The Balaban J connectivity index is 2.31. The summed E-state index contributed by atoms with van der Waals surface area (Å²) in [7, 11) is -3.83. The van der Waals surface area contributed by atoms with E-state index in [4.69, 9.17) is 5.14 Å². The molecule has 4 nitrogen and oxygen atoms in total. The largest absolute Gasteiger partial charge is 0.313 e. The number of hydrogen-bond acceptors (Lipinski definition) is 4. The van der Waals surface area contributed by atoms with Crippen molar-refractivity contribution >= 4 is 21.8 Å². The number of thioether (sulfide) groups is 1. The van der Waals surface area contributed by atoms with Crippen LogP contribution in [0.25, 0.3) is 0 Å². The maximum absolute atomic E-state index is 12.4. The summed E-state index contributed by atoms with van der Waals surface area (Å²) in [5.41, 5.74) is 2.75. The Morgan fingerprint density at radius 3 is 2.52 bits per heavy atom. The number of nitrogens with two attached hydrogens (primary N) is 1. The number of benzene rings is 2. The molecular formula is C23H32N2O2S2. The molecule has 0 radical (unpaired) electrons. The Morgan fingerprint density at radius 1 is 1.10 bits per heavy atom. The van der Waals surface area contributed by atoms with Gasteiger partial charge in [0.05, 0.1) is 4.90 Å². The number of rotatable bonds is 13. The third-order valence-corrected chi connectivity index (χ3v) is 6.71. The van der Waals surface area contributed by atoms with Gasteiger partial charge < -0.3 is 5.32 Å². The molecule has 29 heavy (non-hydrogen) atoms. The maximum Gasteiger partial charge on any atom is 0.238 e. The molecule has 2 aromatic rings. The van der Waals surface area contributed by atoms with Crippen LogP contribution in [0.4, 0.5) is 0 Å². The predicted octanol–water partition coefficient (Wildman–Crippen LogP) is 4.87. The molecule has 0 atom stereocenters. The number of sulfonamides is 1. The van der Waals surface area contributed by atoms with Gasteiger partial charge in [-0.05, 0) is 48.2 Å². The summed E-state index contributed by atoms with van der Waals surface area (Å²) >= 11 is 1.60. The van der Waals surface area contributed by atoms with Crippen molar-refractivity contribution in [1.82, 2.24) is 5.32 Å². The first-order valence-electron chi connectivity index (χ1n) is 10.1. The lowest BCUT2D eigenvalue weighted by molar-refractivity contribution is 0.592. The van der Waals surface area contributed by atoms with Crippen molar-refractivity contribution in [3.05, 3.63) is 71.8 Å². The van der Waals surface area contributed by atoms with E-state index in [2.05, 4.69) is 24.9 Å². The van der Waals surface area contributed by atoms with Crippen LogP contribution in [0.2, 0.25) is 0 Å². The van der Waals surface area contributed by atoms with Crippen molar-refractivity contribution in [2.24, 2.45) is 5.14 Å². The molecular weight excluding hydrogens is 400 g/mol. The lowest BCUT2D eigenvalue weighted by Crippen LogP contribution is -2.18. The van der Waals surface area contributed by atoms with Crippen molar-refractivity contribution in [2.75, 3.05) is 12.3 Å². The van der Waals surface area contributed by atoms with Gasteiger partial charge in [-0.15, -0.1) is 18.3 Å². The van der Waals surface area contributed by atoms with E-state index in [1.807, 2.05) is 36.4 Å². The lowest BCUT2D eigenvalue weighted by Gasteiger charge is -2.16. The molecule has 0 aliphatic rings. The Bertz CT molecular complexity index is 881. The van der Waals surface area contributed by atoms with Crippen LogP contribution >= 0.6 is 11.8 Å². The zero-order chi connectivity index (χ0) is 21.1. The molecule has 0 spiro atoms. The first kappa shape index (κ1) is 23.7. The molecule has 158 valence electrons. The zero-order valence-corrected chi connectivity index (χ0v) is 18.8. The molecule has 0 saturated carbocycles. The highest BCUT2D eigenvalue weighted by Crippen LogP contribution is 2.32. The fourth-order valence-electron chi connectivity index (χ4n) is 3.19. The van der Waals surface area contributed by atoms with Gasteiger partial charge in [0.15, 0.2) is 0 Å². The molecule has 0 amide bonds. The molecule has 3 N–H and O–H groups in total. The fraction of sp³-hybridized carbons (Fsp3) is 0.391. The normalized spacial score (nSPS) is 11.5. The van der Waals surface area contributed by atoms with E-state index in [1.54, 1.807) is 17.8 Å². The van der Waals surface area contributed by atoms with E-state index in [-0.39, 0.29) is 4.90 Å². The van der Waals surface area contributed by atoms with Gasteiger partial charge in [0, 0.05) is 17.2 Å². The molecule has 0 unspecified atom stereocenters. The number of nitrogens with one attached hydrogen (secondary N) is 1. The van der Waals surface area contributed by atoms with Crippen LogP contribution in [0.3, 0.4) is 0 Å². The second-order valence-electron chi connectivity index (χ2n) is 7.12. The minimum atomic E-state index is -3.83. The summed E-state index contributed by atoms with van der Waals surface area (Å²) in [5.74, 6) is 0.708. The molecule has 0 aromatic heterocycles. The minimum absolute atomic E-state index is 0.221. The Morgan fingerprint density at radius 2 is 1.86 bits per heavy atom. The SMILES string of the molecule is C=CCSc1cc(CNCCCCCC)cc(S(N)(=O)=O)c1Cc1ccccc1. The van der Waals surface area contributed by atoms with Crippen LogP contribution in [0.15, 0.2) is 64.9 Å². The van der Waals surface area contributed by atoms with E-state index in [0.29, 0.717) is 18.7 Å². The van der Waals surface area contributed by atoms with E-state index in [1.165, 1.54) is 19.3 Å². The van der Waals surface area contributed by atoms with Gasteiger partial charge in [0.2, 0.25) is 10.0 Å². The van der Waals surface area contributed by atoms with Crippen molar-refractivity contribution < 1.29 is 8.42 Å². The smallest absolute Gasteiger partial charge is 0.238 e. The van der Waals surface area contributed by atoms with Gasteiger partial charge in [0.1, 0.15) is 0 Å². The topological polar surface area (TPSA) is 72.2 Å².